The molecule has 0 aromatic heterocycles. The number of likely N-dealkylation sites (tertiary alicyclic amines) is 1. The Balaban J connectivity index is 2.52. The Labute approximate surface area is 86.0 Å². The van der Waals surface area contributed by atoms with Crippen molar-refractivity contribution < 1.29 is 4.79 Å². The van der Waals surface area contributed by atoms with Gasteiger partial charge < -0.3 is 10.6 Å². The lowest BCUT2D eigenvalue weighted by atomic mass is 9.99. The fraction of sp³-hybridized carbons (Fsp3) is 0.727. The summed E-state index contributed by atoms with van der Waals surface area (Å²) in [6.45, 7) is 9.44. The van der Waals surface area contributed by atoms with Crippen molar-refractivity contribution in [3.8, 4) is 0 Å². The molecule has 3 heteroatoms. The van der Waals surface area contributed by atoms with Crippen LogP contribution in [0.3, 0.4) is 0 Å². The third kappa shape index (κ3) is 2.35. The van der Waals surface area contributed by atoms with Gasteiger partial charge in [-0.3, -0.25) is 4.79 Å². The van der Waals surface area contributed by atoms with E-state index in [2.05, 4.69) is 13.5 Å². The Hall–Kier alpha value is -0.830. The van der Waals surface area contributed by atoms with Gasteiger partial charge >= 0.3 is 0 Å². The van der Waals surface area contributed by atoms with E-state index in [1.165, 1.54) is 0 Å². The summed E-state index contributed by atoms with van der Waals surface area (Å²) in [5.74, 6) is 0.342. The Morgan fingerprint density at radius 1 is 1.71 bits per heavy atom. The number of nitrogens with two attached hydrogens (primary N) is 1. The average Bonchev–Trinajstić information content (AvgIpc) is 2.61. The van der Waals surface area contributed by atoms with Crippen LogP contribution in [0.5, 0.6) is 0 Å². The molecule has 0 aromatic carbocycles. The number of carbonyl (C=O) groups excluding carboxylic acids is 1. The molecular formula is C11H20N2O. The van der Waals surface area contributed by atoms with Crippen molar-refractivity contribution in [3.05, 3.63) is 12.2 Å². The van der Waals surface area contributed by atoms with Gasteiger partial charge in [0.15, 0.2) is 0 Å². The first-order chi connectivity index (χ1) is 6.56. The fourth-order valence-electron chi connectivity index (χ4n) is 1.62. The van der Waals surface area contributed by atoms with E-state index in [9.17, 15) is 4.79 Å². The minimum absolute atomic E-state index is 0.0815. The van der Waals surface area contributed by atoms with Gasteiger partial charge in [-0.2, -0.15) is 0 Å². The number of nitrogens with zero attached hydrogens (tertiary/aromatic N) is 1. The van der Waals surface area contributed by atoms with Gasteiger partial charge in [0.2, 0.25) is 5.91 Å². The molecule has 14 heavy (non-hydrogen) atoms. The quantitative estimate of drug-likeness (QED) is 0.688. The molecule has 0 unspecified atom stereocenters. The summed E-state index contributed by atoms with van der Waals surface area (Å²) in [6, 6.07) is -0.342. The Morgan fingerprint density at radius 2 is 2.36 bits per heavy atom. The summed E-state index contributed by atoms with van der Waals surface area (Å²) in [5, 5.41) is 0. The molecule has 1 aliphatic rings. The molecule has 1 heterocycles. The predicted molar refractivity (Wildman–Crippen MR) is 57.8 cm³/mol. The van der Waals surface area contributed by atoms with Crippen molar-refractivity contribution in [1.82, 2.24) is 4.90 Å². The molecule has 1 fully saturated rings. The second-order valence-corrected chi connectivity index (χ2v) is 4.17. The van der Waals surface area contributed by atoms with E-state index in [1.807, 2.05) is 11.8 Å². The minimum Gasteiger partial charge on any atom is -0.337 e. The maximum atomic E-state index is 11.9. The summed E-state index contributed by atoms with van der Waals surface area (Å²) in [7, 11) is 0. The fourth-order valence-corrected chi connectivity index (χ4v) is 1.62. The van der Waals surface area contributed by atoms with Crippen molar-refractivity contribution in [1.29, 1.82) is 0 Å². The number of amides is 1. The second kappa shape index (κ2) is 4.60. The Morgan fingerprint density at radius 3 is 2.79 bits per heavy atom. The smallest absolute Gasteiger partial charge is 0.240 e. The SMILES string of the molecule is C=C1CCN(C(=O)[C@@H](N)[C@H](C)CC)C1. The van der Waals surface area contributed by atoms with E-state index in [1.54, 1.807) is 0 Å². The summed E-state index contributed by atoms with van der Waals surface area (Å²) in [6.07, 6.45) is 1.88. The average molecular weight is 196 g/mol. The molecule has 0 bridgehead atoms. The maximum Gasteiger partial charge on any atom is 0.240 e. The molecule has 0 radical (unpaired) electrons. The highest BCUT2D eigenvalue weighted by Gasteiger charge is 2.27. The van der Waals surface area contributed by atoms with Crippen molar-refractivity contribution >= 4 is 5.91 Å². The molecular weight excluding hydrogens is 176 g/mol. The maximum absolute atomic E-state index is 11.9. The highest BCUT2D eigenvalue weighted by molar-refractivity contribution is 5.82. The normalized spacial score (nSPS) is 21.1. The molecule has 1 amide bonds. The number of hydrogen-bond donors (Lipinski definition) is 1. The molecule has 0 aliphatic carbocycles. The highest BCUT2D eigenvalue weighted by Crippen LogP contribution is 2.16. The number of hydrogen-bond acceptors (Lipinski definition) is 2. The van der Waals surface area contributed by atoms with Gasteiger partial charge in [0.1, 0.15) is 0 Å². The molecule has 2 atom stereocenters. The van der Waals surface area contributed by atoms with Crippen molar-refractivity contribution in [2.45, 2.75) is 32.7 Å². The van der Waals surface area contributed by atoms with E-state index in [-0.39, 0.29) is 17.9 Å². The zero-order chi connectivity index (χ0) is 10.7. The van der Waals surface area contributed by atoms with Gasteiger partial charge in [0, 0.05) is 13.1 Å². The van der Waals surface area contributed by atoms with E-state index < -0.39 is 0 Å². The second-order valence-electron chi connectivity index (χ2n) is 4.17. The zero-order valence-electron chi connectivity index (χ0n) is 9.12. The zero-order valence-corrected chi connectivity index (χ0v) is 9.12. The first-order valence-corrected chi connectivity index (χ1v) is 5.27. The standard InChI is InChI=1S/C11H20N2O/c1-4-9(3)10(12)11(14)13-6-5-8(2)7-13/h9-10H,2,4-7,12H2,1,3H3/t9-,10+/m1/s1. The van der Waals surface area contributed by atoms with E-state index in [4.69, 9.17) is 5.73 Å². The highest BCUT2D eigenvalue weighted by atomic mass is 16.2. The van der Waals surface area contributed by atoms with Crippen molar-refractivity contribution in [3.63, 3.8) is 0 Å². The molecule has 3 nitrogen and oxygen atoms in total. The molecule has 1 aliphatic heterocycles. The lowest BCUT2D eigenvalue weighted by molar-refractivity contribution is -0.132. The van der Waals surface area contributed by atoms with Gasteiger partial charge in [-0.15, -0.1) is 0 Å². The van der Waals surface area contributed by atoms with Crippen LogP contribution in [0.15, 0.2) is 12.2 Å². The third-order valence-electron chi connectivity index (χ3n) is 3.00. The lowest BCUT2D eigenvalue weighted by Crippen LogP contribution is -2.45. The largest absolute Gasteiger partial charge is 0.337 e. The van der Waals surface area contributed by atoms with Gasteiger partial charge in [0.25, 0.3) is 0 Å². The van der Waals surface area contributed by atoms with Crippen LogP contribution in [0.4, 0.5) is 0 Å². The predicted octanol–water partition coefficient (Wildman–Crippen LogP) is 1.15. The first-order valence-electron chi connectivity index (χ1n) is 5.27. The molecule has 0 aromatic rings. The monoisotopic (exact) mass is 196 g/mol. The van der Waals surface area contributed by atoms with Crippen molar-refractivity contribution in [2.24, 2.45) is 11.7 Å². The molecule has 1 rings (SSSR count). The van der Waals surface area contributed by atoms with Crippen molar-refractivity contribution in [2.75, 3.05) is 13.1 Å². The summed E-state index contributed by atoms with van der Waals surface area (Å²) >= 11 is 0. The van der Waals surface area contributed by atoms with E-state index >= 15 is 0 Å². The summed E-state index contributed by atoms with van der Waals surface area (Å²) in [4.78, 5) is 13.7. The summed E-state index contributed by atoms with van der Waals surface area (Å²) in [5.41, 5.74) is 7.01. The van der Waals surface area contributed by atoms with Crippen LogP contribution in [0, 0.1) is 5.92 Å². The van der Waals surface area contributed by atoms with Crippen LogP contribution in [0.1, 0.15) is 26.7 Å². The van der Waals surface area contributed by atoms with Gasteiger partial charge in [-0.05, 0) is 12.3 Å². The Bertz CT molecular complexity index is 237. The lowest BCUT2D eigenvalue weighted by Gasteiger charge is -2.23. The summed E-state index contributed by atoms with van der Waals surface area (Å²) < 4.78 is 0. The number of carbonyl (C=O) groups is 1. The molecule has 1 saturated heterocycles. The van der Waals surface area contributed by atoms with Crippen LogP contribution >= 0.6 is 0 Å². The van der Waals surface area contributed by atoms with Gasteiger partial charge in [-0.1, -0.05) is 32.4 Å². The van der Waals surface area contributed by atoms with Crippen LogP contribution in [-0.2, 0) is 4.79 Å². The third-order valence-corrected chi connectivity index (χ3v) is 3.00. The molecule has 0 spiro atoms. The van der Waals surface area contributed by atoms with E-state index in [0.717, 1.165) is 25.0 Å². The van der Waals surface area contributed by atoms with Crippen LogP contribution in [0.25, 0.3) is 0 Å². The minimum atomic E-state index is -0.342. The van der Waals surface area contributed by atoms with Crippen LogP contribution in [-0.4, -0.2) is 29.9 Å². The van der Waals surface area contributed by atoms with Gasteiger partial charge in [0.05, 0.1) is 6.04 Å². The molecule has 0 saturated carbocycles. The van der Waals surface area contributed by atoms with Crippen LogP contribution < -0.4 is 5.73 Å². The number of rotatable bonds is 3. The topological polar surface area (TPSA) is 46.3 Å². The molecule has 2 N–H and O–H groups in total. The van der Waals surface area contributed by atoms with E-state index in [0.29, 0.717) is 6.54 Å². The Kier molecular flexibility index (Phi) is 3.69. The van der Waals surface area contributed by atoms with Crippen LogP contribution in [0.2, 0.25) is 0 Å². The van der Waals surface area contributed by atoms with Gasteiger partial charge in [-0.25, -0.2) is 0 Å². The first kappa shape index (κ1) is 11.2. The molecule has 80 valence electrons.